The number of benzene rings is 1. The summed E-state index contributed by atoms with van der Waals surface area (Å²) in [6.45, 7) is 2.39. The second kappa shape index (κ2) is 6.51. The Kier molecular flexibility index (Phi) is 5.58. The smallest absolute Gasteiger partial charge is 0.241 e. The molecular formula is C11H16BrNO4S. The summed E-state index contributed by atoms with van der Waals surface area (Å²) in [6, 6.07) is 4.70. The molecule has 0 radical (unpaired) electrons. The fourth-order valence-electron chi connectivity index (χ4n) is 1.36. The van der Waals surface area contributed by atoms with E-state index in [1.165, 1.54) is 6.07 Å². The van der Waals surface area contributed by atoms with Gasteiger partial charge in [0.05, 0.1) is 6.10 Å². The lowest BCUT2D eigenvalue weighted by atomic mass is 10.3. The molecule has 0 saturated heterocycles. The largest absolute Gasteiger partial charge is 0.489 e. The highest BCUT2D eigenvalue weighted by Gasteiger charge is 2.17. The quantitative estimate of drug-likeness (QED) is 0.859. The molecule has 2 N–H and O–H groups in total. The van der Waals surface area contributed by atoms with Crippen molar-refractivity contribution in [1.29, 1.82) is 0 Å². The molecule has 1 unspecified atom stereocenters. The minimum atomic E-state index is -3.81. The van der Waals surface area contributed by atoms with E-state index in [0.29, 0.717) is 17.5 Å². The molecule has 1 aromatic carbocycles. The van der Waals surface area contributed by atoms with Crippen LogP contribution in [-0.4, -0.2) is 28.2 Å². The molecule has 1 atom stereocenters. The molecule has 0 bridgehead atoms. The van der Waals surface area contributed by atoms with Gasteiger partial charge in [-0.05, 0) is 25.1 Å². The van der Waals surface area contributed by atoms with Gasteiger partial charge in [0.2, 0.25) is 10.0 Å². The van der Waals surface area contributed by atoms with Crippen molar-refractivity contribution in [3.8, 4) is 5.75 Å². The van der Waals surface area contributed by atoms with Gasteiger partial charge in [0.15, 0.2) is 0 Å². The summed E-state index contributed by atoms with van der Waals surface area (Å²) in [6.07, 6.45) is 0.503. The van der Waals surface area contributed by atoms with Crippen LogP contribution in [-0.2, 0) is 14.8 Å². The van der Waals surface area contributed by atoms with Crippen LogP contribution in [0.5, 0.6) is 5.75 Å². The van der Waals surface area contributed by atoms with Gasteiger partial charge in [0, 0.05) is 24.6 Å². The van der Waals surface area contributed by atoms with Crippen LogP contribution in [0.3, 0.4) is 0 Å². The van der Waals surface area contributed by atoms with Crippen LogP contribution in [0.1, 0.15) is 13.3 Å². The van der Waals surface area contributed by atoms with Crippen LogP contribution in [0, 0.1) is 0 Å². The molecule has 1 rings (SSSR count). The van der Waals surface area contributed by atoms with Gasteiger partial charge in [-0.15, -0.1) is 0 Å². The Morgan fingerprint density at radius 3 is 2.67 bits per heavy atom. The van der Waals surface area contributed by atoms with E-state index in [1.54, 1.807) is 19.2 Å². The third-order valence-electron chi connectivity index (χ3n) is 2.27. The Morgan fingerprint density at radius 2 is 2.11 bits per heavy atom. The van der Waals surface area contributed by atoms with Crippen LogP contribution < -0.4 is 9.88 Å². The van der Waals surface area contributed by atoms with Crippen molar-refractivity contribution < 1.29 is 17.9 Å². The molecular weight excluding hydrogens is 322 g/mol. The minimum absolute atomic E-state index is 0.0267. The molecule has 0 heterocycles. The number of nitrogens with two attached hydrogens (primary N) is 1. The minimum Gasteiger partial charge on any atom is -0.489 e. The van der Waals surface area contributed by atoms with Crippen molar-refractivity contribution >= 4 is 26.0 Å². The topological polar surface area (TPSA) is 78.6 Å². The third kappa shape index (κ3) is 4.56. The average Bonchev–Trinajstić information content (AvgIpc) is 2.27. The SMILES string of the molecule is COCCC(C)Oc1ccc(Br)cc1S(N)(=O)=O. The van der Waals surface area contributed by atoms with Crippen molar-refractivity contribution in [2.45, 2.75) is 24.3 Å². The first-order chi connectivity index (χ1) is 8.34. The first-order valence-corrected chi connectivity index (χ1v) is 7.66. The lowest BCUT2D eigenvalue weighted by Crippen LogP contribution is -2.18. The van der Waals surface area contributed by atoms with Crippen molar-refractivity contribution in [2.24, 2.45) is 5.14 Å². The number of halogens is 1. The van der Waals surface area contributed by atoms with Crippen molar-refractivity contribution in [1.82, 2.24) is 0 Å². The molecule has 0 aromatic heterocycles. The number of rotatable bonds is 6. The predicted molar refractivity (Wildman–Crippen MR) is 72.1 cm³/mol. The number of hydrogen-bond donors (Lipinski definition) is 1. The normalized spacial score (nSPS) is 13.3. The van der Waals surface area contributed by atoms with Crippen LogP contribution in [0.2, 0.25) is 0 Å². The second-order valence-corrected chi connectivity index (χ2v) is 6.29. The molecule has 0 saturated carbocycles. The van der Waals surface area contributed by atoms with Gasteiger partial charge >= 0.3 is 0 Å². The molecule has 18 heavy (non-hydrogen) atoms. The molecule has 0 aliphatic heterocycles. The lowest BCUT2D eigenvalue weighted by Gasteiger charge is -2.16. The van der Waals surface area contributed by atoms with Crippen molar-refractivity contribution in [3.63, 3.8) is 0 Å². The number of hydrogen-bond acceptors (Lipinski definition) is 4. The fourth-order valence-corrected chi connectivity index (χ4v) is 2.56. The summed E-state index contributed by atoms with van der Waals surface area (Å²) in [5.41, 5.74) is 0. The summed E-state index contributed by atoms with van der Waals surface area (Å²) in [7, 11) is -2.21. The van der Waals surface area contributed by atoms with E-state index in [1.807, 2.05) is 6.92 Å². The second-order valence-electron chi connectivity index (χ2n) is 3.85. The molecule has 5 nitrogen and oxygen atoms in total. The molecule has 0 fully saturated rings. The van der Waals surface area contributed by atoms with E-state index in [9.17, 15) is 8.42 Å². The molecule has 0 amide bonds. The molecule has 1 aromatic rings. The Balaban J connectivity index is 2.95. The Hall–Kier alpha value is -0.630. The Morgan fingerprint density at radius 1 is 1.44 bits per heavy atom. The molecule has 7 heteroatoms. The van der Waals surface area contributed by atoms with E-state index in [4.69, 9.17) is 14.6 Å². The Bertz CT molecular complexity index is 504. The van der Waals surface area contributed by atoms with E-state index >= 15 is 0 Å². The van der Waals surface area contributed by atoms with Crippen molar-refractivity contribution in [3.05, 3.63) is 22.7 Å². The van der Waals surface area contributed by atoms with Crippen LogP contribution in [0.25, 0.3) is 0 Å². The average molecular weight is 338 g/mol. The summed E-state index contributed by atoms with van der Waals surface area (Å²) < 4.78 is 34.0. The number of sulfonamides is 1. The first kappa shape index (κ1) is 15.4. The summed E-state index contributed by atoms with van der Waals surface area (Å²) in [5.74, 6) is 0.254. The van der Waals surface area contributed by atoms with Crippen LogP contribution in [0.15, 0.2) is 27.6 Å². The zero-order valence-corrected chi connectivity index (χ0v) is 12.6. The van der Waals surface area contributed by atoms with Gasteiger partial charge in [-0.25, -0.2) is 13.6 Å². The first-order valence-electron chi connectivity index (χ1n) is 5.32. The molecule has 0 aliphatic carbocycles. The van der Waals surface area contributed by atoms with E-state index in [2.05, 4.69) is 15.9 Å². The van der Waals surface area contributed by atoms with E-state index in [-0.39, 0.29) is 16.7 Å². The van der Waals surface area contributed by atoms with Gasteiger partial charge in [0.25, 0.3) is 0 Å². The highest BCUT2D eigenvalue weighted by molar-refractivity contribution is 9.10. The van der Waals surface area contributed by atoms with Gasteiger partial charge < -0.3 is 9.47 Å². The highest BCUT2D eigenvalue weighted by Crippen LogP contribution is 2.27. The summed E-state index contributed by atoms with van der Waals surface area (Å²) in [4.78, 5) is -0.0267. The van der Waals surface area contributed by atoms with Gasteiger partial charge in [-0.2, -0.15) is 0 Å². The van der Waals surface area contributed by atoms with E-state index in [0.717, 1.165) is 0 Å². The van der Waals surface area contributed by atoms with Gasteiger partial charge in [-0.3, -0.25) is 0 Å². The maximum atomic E-state index is 11.5. The maximum absolute atomic E-state index is 11.5. The van der Waals surface area contributed by atoms with Crippen LogP contribution in [0.4, 0.5) is 0 Å². The number of primary sulfonamides is 1. The standard InChI is InChI=1S/C11H16BrNO4S/c1-8(5-6-16-2)17-10-4-3-9(12)7-11(10)18(13,14)15/h3-4,7-8H,5-6H2,1-2H3,(H2,13,14,15). The van der Waals surface area contributed by atoms with Gasteiger partial charge in [0.1, 0.15) is 10.6 Å². The zero-order chi connectivity index (χ0) is 13.8. The van der Waals surface area contributed by atoms with Crippen molar-refractivity contribution in [2.75, 3.05) is 13.7 Å². The molecule has 0 spiro atoms. The maximum Gasteiger partial charge on any atom is 0.241 e. The lowest BCUT2D eigenvalue weighted by molar-refractivity contribution is 0.133. The number of ether oxygens (including phenoxy) is 2. The monoisotopic (exact) mass is 337 g/mol. The fraction of sp³-hybridized carbons (Fsp3) is 0.455. The summed E-state index contributed by atoms with van der Waals surface area (Å²) >= 11 is 3.20. The zero-order valence-electron chi connectivity index (χ0n) is 10.2. The van der Waals surface area contributed by atoms with Gasteiger partial charge in [-0.1, -0.05) is 15.9 Å². The number of methoxy groups -OCH3 is 1. The summed E-state index contributed by atoms with van der Waals surface area (Å²) in [5, 5.41) is 5.15. The molecule has 0 aliphatic rings. The van der Waals surface area contributed by atoms with Crippen LogP contribution >= 0.6 is 15.9 Å². The predicted octanol–water partition coefficient (Wildman–Crippen LogP) is 1.90. The third-order valence-corrected chi connectivity index (χ3v) is 3.69. The Labute approximate surface area is 115 Å². The van der Waals surface area contributed by atoms with E-state index < -0.39 is 10.0 Å². The highest BCUT2D eigenvalue weighted by atomic mass is 79.9. The molecule has 102 valence electrons.